The molecule has 0 heterocycles. The minimum atomic E-state index is -0.354. The van der Waals surface area contributed by atoms with Crippen LogP contribution in [0.25, 0.3) is 0 Å². The number of hydrogen-bond donors (Lipinski definition) is 1. The average Bonchev–Trinajstić information content (AvgIpc) is 2.37. The SMILES string of the molecule is CNC(Cc1c(F)cccc1Cl)c1cc(F)cc(Br)c1. The highest BCUT2D eigenvalue weighted by atomic mass is 79.9. The van der Waals surface area contributed by atoms with Crippen LogP contribution in [0, 0.1) is 11.6 Å². The van der Waals surface area contributed by atoms with E-state index in [1.54, 1.807) is 25.2 Å². The van der Waals surface area contributed by atoms with Crippen molar-refractivity contribution >= 4 is 27.5 Å². The molecule has 2 aromatic carbocycles. The molecule has 0 saturated heterocycles. The maximum atomic E-state index is 13.8. The number of rotatable bonds is 4. The quantitative estimate of drug-likeness (QED) is 0.819. The van der Waals surface area contributed by atoms with Gasteiger partial charge in [-0.25, -0.2) is 8.78 Å². The Bertz CT molecular complexity index is 578. The van der Waals surface area contributed by atoms with E-state index in [1.807, 2.05) is 0 Å². The van der Waals surface area contributed by atoms with Crippen molar-refractivity contribution < 1.29 is 8.78 Å². The fraction of sp³-hybridized carbons (Fsp3) is 0.200. The molecule has 20 heavy (non-hydrogen) atoms. The monoisotopic (exact) mass is 359 g/mol. The Hall–Kier alpha value is -0.970. The lowest BCUT2D eigenvalue weighted by molar-refractivity contribution is 0.549. The van der Waals surface area contributed by atoms with E-state index < -0.39 is 0 Å². The smallest absolute Gasteiger partial charge is 0.127 e. The van der Waals surface area contributed by atoms with Crippen molar-refractivity contribution in [2.75, 3.05) is 7.05 Å². The first-order chi connectivity index (χ1) is 9.51. The van der Waals surface area contributed by atoms with Crippen LogP contribution in [0.3, 0.4) is 0 Å². The first-order valence-electron chi connectivity index (χ1n) is 6.07. The summed E-state index contributed by atoms with van der Waals surface area (Å²) in [6.45, 7) is 0. The van der Waals surface area contributed by atoms with Crippen LogP contribution in [0.4, 0.5) is 8.78 Å². The largest absolute Gasteiger partial charge is 0.313 e. The van der Waals surface area contributed by atoms with Gasteiger partial charge in [0, 0.05) is 21.1 Å². The van der Waals surface area contributed by atoms with E-state index in [4.69, 9.17) is 11.6 Å². The molecular formula is C15H13BrClF2N. The zero-order valence-electron chi connectivity index (χ0n) is 10.8. The van der Waals surface area contributed by atoms with E-state index in [-0.39, 0.29) is 17.7 Å². The molecule has 0 amide bonds. The molecule has 2 aromatic rings. The summed E-state index contributed by atoms with van der Waals surface area (Å²) in [5, 5.41) is 3.44. The zero-order valence-corrected chi connectivity index (χ0v) is 13.1. The highest BCUT2D eigenvalue weighted by molar-refractivity contribution is 9.10. The Morgan fingerprint density at radius 1 is 1.25 bits per heavy atom. The maximum Gasteiger partial charge on any atom is 0.127 e. The van der Waals surface area contributed by atoms with Gasteiger partial charge in [0.05, 0.1) is 0 Å². The number of benzene rings is 2. The van der Waals surface area contributed by atoms with Gasteiger partial charge < -0.3 is 5.32 Å². The maximum absolute atomic E-state index is 13.8. The number of hydrogen-bond acceptors (Lipinski definition) is 1. The van der Waals surface area contributed by atoms with Gasteiger partial charge >= 0.3 is 0 Å². The van der Waals surface area contributed by atoms with Gasteiger partial charge in [-0.05, 0) is 49.4 Å². The third-order valence-corrected chi connectivity index (χ3v) is 3.92. The third-order valence-electron chi connectivity index (χ3n) is 3.11. The molecular weight excluding hydrogens is 348 g/mol. The zero-order chi connectivity index (χ0) is 14.7. The van der Waals surface area contributed by atoms with Crippen molar-refractivity contribution in [2.24, 2.45) is 0 Å². The number of halogens is 4. The lowest BCUT2D eigenvalue weighted by Crippen LogP contribution is -2.19. The summed E-state index contributed by atoms with van der Waals surface area (Å²) in [5.41, 5.74) is 1.16. The van der Waals surface area contributed by atoms with Gasteiger partial charge in [-0.3, -0.25) is 0 Å². The van der Waals surface area contributed by atoms with Crippen LogP contribution < -0.4 is 5.32 Å². The van der Waals surface area contributed by atoms with Crippen LogP contribution in [0.2, 0.25) is 5.02 Å². The molecule has 1 atom stereocenters. The summed E-state index contributed by atoms with van der Waals surface area (Å²) in [6, 6.07) is 8.97. The van der Waals surface area contributed by atoms with Crippen LogP contribution >= 0.6 is 27.5 Å². The van der Waals surface area contributed by atoms with E-state index in [0.717, 1.165) is 5.56 Å². The summed E-state index contributed by atoms with van der Waals surface area (Å²) in [5.74, 6) is -0.692. The van der Waals surface area contributed by atoms with Crippen molar-refractivity contribution in [1.82, 2.24) is 5.32 Å². The van der Waals surface area contributed by atoms with Crippen molar-refractivity contribution in [3.05, 3.63) is 68.7 Å². The van der Waals surface area contributed by atoms with Crippen LogP contribution in [0.1, 0.15) is 17.2 Å². The van der Waals surface area contributed by atoms with Crippen molar-refractivity contribution in [3.63, 3.8) is 0 Å². The predicted molar refractivity (Wildman–Crippen MR) is 81.0 cm³/mol. The van der Waals surface area contributed by atoms with E-state index in [1.165, 1.54) is 18.2 Å². The Kier molecular flexibility index (Phi) is 5.13. The van der Waals surface area contributed by atoms with Gasteiger partial charge in [0.15, 0.2) is 0 Å². The Labute approximate surface area is 130 Å². The van der Waals surface area contributed by atoms with Crippen LogP contribution in [0.5, 0.6) is 0 Å². The molecule has 0 aliphatic rings. The molecule has 1 nitrogen and oxygen atoms in total. The summed E-state index contributed by atoms with van der Waals surface area (Å²) in [6.07, 6.45) is 0.345. The molecule has 0 bridgehead atoms. The second kappa shape index (κ2) is 6.66. The molecule has 0 aromatic heterocycles. The Morgan fingerprint density at radius 2 is 2.00 bits per heavy atom. The minimum absolute atomic E-state index is 0.226. The van der Waals surface area contributed by atoms with Gasteiger partial charge in [-0.15, -0.1) is 0 Å². The molecule has 1 N–H and O–H groups in total. The average molecular weight is 361 g/mol. The van der Waals surface area contributed by atoms with E-state index in [2.05, 4.69) is 21.2 Å². The lowest BCUT2D eigenvalue weighted by Gasteiger charge is -2.18. The minimum Gasteiger partial charge on any atom is -0.313 e. The van der Waals surface area contributed by atoms with Crippen molar-refractivity contribution in [1.29, 1.82) is 0 Å². The van der Waals surface area contributed by atoms with E-state index >= 15 is 0 Å². The van der Waals surface area contributed by atoms with Gasteiger partial charge in [0.2, 0.25) is 0 Å². The van der Waals surface area contributed by atoms with Gasteiger partial charge in [-0.2, -0.15) is 0 Å². The molecule has 106 valence electrons. The highest BCUT2D eigenvalue weighted by Crippen LogP contribution is 2.27. The topological polar surface area (TPSA) is 12.0 Å². The molecule has 0 spiro atoms. The van der Waals surface area contributed by atoms with E-state index in [9.17, 15) is 8.78 Å². The fourth-order valence-electron chi connectivity index (χ4n) is 2.09. The third kappa shape index (κ3) is 3.57. The van der Waals surface area contributed by atoms with Gasteiger partial charge in [-0.1, -0.05) is 33.6 Å². The number of likely N-dealkylation sites (N-methyl/N-ethyl adjacent to an activating group) is 1. The summed E-state index contributed by atoms with van der Waals surface area (Å²) in [4.78, 5) is 0. The first kappa shape index (κ1) is 15.4. The second-order valence-electron chi connectivity index (χ2n) is 4.45. The summed E-state index contributed by atoms with van der Waals surface area (Å²) >= 11 is 9.29. The van der Waals surface area contributed by atoms with Crippen LogP contribution in [-0.4, -0.2) is 7.05 Å². The molecule has 0 saturated carbocycles. The molecule has 2 rings (SSSR count). The molecule has 0 aliphatic heterocycles. The standard InChI is InChI=1S/C15H13BrClF2N/c1-20-15(9-5-10(16)7-11(18)6-9)8-12-13(17)3-2-4-14(12)19/h2-7,15,20H,8H2,1H3. The molecule has 0 aliphatic carbocycles. The molecule has 0 fully saturated rings. The Morgan fingerprint density at radius 3 is 2.60 bits per heavy atom. The van der Waals surface area contributed by atoms with Gasteiger partial charge in [0.25, 0.3) is 0 Å². The number of nitrogens with one attached hydrogen (secondary N) is 1. The lowest BCUT2D eigenvalue weighted by atomic mass is 9.98. The normalized spacial score (nSPS) is 12.4. The highest BCUT2D eigenvalue weighted by Gasteiger charge is 2.16. The predicted octanol–water partition coefficient (Wildman–Crippen LogP) is 4.88. The first-order valence-corrected chi connectivity index (χ1v) is 7.24. The summed E-state index contributed by atoms with van der Waals surface area (Å²) < 4.78 is 27.9. The van der Waals surface area contributed by atoms with E-state index in [0.29, 0.717) is 21.5 Å². The van der Waals surface area contributed by atoms with Crippen molar-refractivity contribution in [2.45, 2.75) is 12.5 Å². The fourth-order valence-corrected chi connectivity index (χ4v) is 2.82. The molecule has 1 unspecified atom stereocenters. The molecule has 5 heteroatoms. The van der Waals surface area contributed by atoms with Crippen LogP contribution in [-0.2, 0) is 6.42 Å². The second-order valence-corrected chi connectivity index (χ2v) is 5.77. The van der Waals surface area contributed by atoms with Gasteiger partial charge in [0.1, 0.15) is 11.6 Å². The summed E-state index contributed by atoms with van der Waals surface area (Å²) in [7, 11) is 1.75. The van der Waals surface area contributed by atoms with Crippen LogP contribution in [0.15, 0.2) is 40.9 Å². The Balaban J connectivity index is 2.33. The molecule has 0 radical (unpaired) electrons. The van der Waals surface area contributed by atoms with Crippen molar-refractivity contribution in [3.8, 4) is 0 Å².